The van der Waals surface area contributed by atoms with E-state index in [1.165, 1.54) is 24.3 Å². The zero-order valence-corrected chi connectivity index (χ0v) is 14.6. The lowest BCUT2D eigenvalue weighted by atomic mass is 9.89. The minimum atomic E-state index is -0.348. The van der Waals surface area contributed by atoms with Crippen molar-refractivity contribution in [3.8, 4) is 5.75 Å². The molecule has 0 unspecified atom stereocenters. The van der Waals surface area contributed by atoms with Crippen molar-refractivity contribution in [2.45, 2.75) is 19.3 Å². The number of amides is 1. The normalized spacial score (nSPS) is 14.9. The maximum atomic E-state index is 13.0. The average Bonchev–Trinajstić information content (AvgIpc) is 2.69. The lowest BCUT2D eigenvalue weighted by Crippen LogP contribution is -2.40. The van der Waals surface area contributed by atoms with Crippen LogP contribution in [0.5, 0.6) is 5.75 Å². The molecule has 0 saturated carbocycles. The van der Waals surface area contributed by atoms with E-state index in [1.54, 1.807) is 4.90 Å². The zero-order valence-electron chi connectivity index (χ0n) is 14.6. The molecule has 0 spiro atoms. The van der Waals surface area contributed by atoms with Crippen molar-refractivity contribution >= 4 is 11.7 Å². The molecule has 2 aromatic rings. The number of benzene rings is 2. The highest BCUT2D eigenvalue weighted by Crippen LogP contribution is 2.22. The van der Waals surface area contributed by atoms with Crippen LogP contribution in [-0.4, -0.2) is 36.3 Å². The van der Waals surface area contributed by atoms with Crippen LogP contribution in [0, 0.1) is 11.7 Å². The summed E-state index contributed by atoms with van der Waals surface area (Å²) in [5.41, 5.74) is 0.535. The third-order valence-corrected chi connectivity index (χ3v) is 4.68. The molecule has 0 aliphatic carbocycles. The Morgan fingerprint density at radius 2 is 1.65 bits per heavy atom. The molecule has 0 atom stereocenters. The van der Waals surface area contributed by atoms with E-state index in [-0.39, 0.29) is 23.4 Å². The van der Waals surface area contributed by atoms with Crippen LogP contribution in [0.1, 0.15) is 29.6 Å². The maximum Gasteiger partial charge on any atom is 0.225 e. The molecule has 2 aromatic carbocycles. The van der Waals surface area contributed by atoms with Crippen LogP contribution < -0.4 is 4.74 Å². The molecule has 5 heteroatoms. The smallest absolute Gasteiger partial charge is 0.225 e. The fourth-order valence-corrected chi connectivity index (χ4v) is 3.17. The van der Waals surface area contributed by atoms with Gasteiger partial charge >= 0.3 is 0 Å². The first-order valence-corrected chi connectivity index (χ1v) is 8.89. The van der Waals surface area contributed by atoms with Gasteiger partial charge in [0.05, 0.1) is 13.0 Å². The average molecular weight is 355 g/mol. The molecule has 136 valence electrons. The van der Waals surface area contributed by atoms with E-state index in [1.807, 2.05) is 30.3 Å². The number of halogens is 1. The van der Waals surface area contributed by atoms with Crippen molar-refractivity contribution < 1.29 is 18.7 Å². The molecule has 0 N–H and O–H groups in total. The summed E-state index contributed by atoms with van der Waals surface area (Å²) in [5, 5.41) is 0. The van der Waals surface area contributed by atoms with Crippen LogP contribution in [-0.2, 0) is 4.79 Å². The van der Waals surface area contributed by atoms with Gasteiger partial charge in [-0.3, -0.25) is 9.59 Å². The Bertz CT molecular complexity index is 738. The van der Waals surface area contributed by atoms with Gasteiger partial charge in [0.15, 0.2) is 5.78 Å². The largest absolute Gasteiger partial charge is 0.493 e. The second-order valence-electron chi connectivity index (χ2n) is 6.44. The summed E-state index contributed by atoms with van der Waals surface area (Å²) < 4.78 is 18.5. The standard InChI is InChI=1S/C21H22FNO3/c22-18-8-6-16(7-9-18)21(25)17-10-13-23(14-11-17)20(24)12-15-26-19-4-2-1-3-5-19/h1-9,17H,10-15H2. The number of hydrogen-bond acceptors (Lipinski definition) is 3. The summed E-state index contributed by atoms with van der Waals surface area (Å²) >= 11 is 0. The molecule has 0 aromatic heterocycles. The number of piperidine rings is 1. The number of ether oxygens (including phenoxy) is 1. The van der Waals surface area contributed by atoms with Gasteiger partial charge in [0.25, 0.3) is 0 Å². The molecular formula is C21H22FNO3. The number of carbonyl (C=O) groups excluding carboxylic acids is 2. The zero-order chi connectivity index (χ0) is 18.4. The number of nitrogens with zero attached hydrogens (tertiary/aromatic N) is 1. The molecular weight excluding hydrogens is 333 g/mol. The van der Waals surface area contributed by atoms with Crippen molar-refractivity contribution in [3.05, 3.63) is 66.0 Å². The van der Waals surface area contributed by atoms with Gasteiger partial charge in [0.1, 0.15) is 11.6 Å². The van der Waals surface area contributed by atoms with Gasteiger partial charge in [0, 0.05) is 24.6 Å². The molecule has 1 aliphatic rings. The highest BCUT2D eigenvalue weighted by atomic mass is 19.1. The number of Topliss-reactive ketones (excluding diaryl/α,β-unsaturated/α-hetero) is 1. The first kappa shape index (κ1) is 18.1. The Kier molecular flexibility index (Phi) is 6.00. The van der Waals surface area contributed by atoms with Crippen LogP contribution >= 0.6 is 0 Å². The Balaban J connectivity index is 1.43. The van der Waals surface area contributed by atoms with Crippen LogP contribution in [0.3, 0.4) is 0 Å². The molecule has 1 heterocycles. The predicted octanol–water partition coefficient (Wildman–Crippen LogP) is 3.72. The van der Waals surface area contributed by atoms with E-state index < -0.39 is 0 Å². The Labute approximate surface area is 152 Å². The molecule has 1 aliphatic heterocycles. The van der Waals surface area contributed by atoms with E-state index in [4.69, 9.17) is 4.74 Å². The van der Waals surface area contributed by atoms with Crippen molar-refractivity contribution in [2.75, 3.05) is 19.7 Å². The number of rotatable bonds is 6. The Morgan fingerprint density at radius 1 is 1.00 bits per heavy atom. The third kappa shape index (κ3) is 4.69. The minimum Gasteiger partial charge on any atom is -0.493 e. The Hall–Kier alpha value is -2.69. The van der Waals surface area contributed by atoms with Gasteiger partial charge < -0.3 is 9.64 Å². The second kappa shape index (κ2) is 8.61. The molecule has 0 bridgehead atoms. The third-order valence-electron chi connectivity index (χ3n) is 4.68. The van der Waals surface area contributed by atoms with Crippen molar-refractivity contribution in [2.24, 2.45) is 5.92 Å². The summed E-state index contributed by atoms with van der Waals surface area (Å²) in [6.07, 6.45) is 1.61. The first-order chi connectivity index (χ1) is 12.6. The number of likely N-dealkylation sites (tertiary alicyclic amines) is 1. The van der Waals surface area contributed by atoms with Gasteiger partial charge in [-0.1, -0.05) is 18.2 Å². The minimum absolute atomic E-state index is 0.0320. The van der Waals surface area contributed by atoms with Gasteiger partial charge in [-0.05, 0) is 49.2 Å². The molecule has 3 rings (SSSR count). The van der Waals surface area contributed by atoms with Gasteiger partial charge in [0.2, 0.25) is 5.91 Å². The summed E-state index contributed by atoms with van der Waals surface area (Å²) in [4.78, 5) is 26.6. The highest BCUT2D eigenvalue weighted by Gasteiger charge is 2.27. The fourth-order valence-electron chi connectivity index (χ4n) is 3.17. The lowest BCUT2D eigenvalue weighted by Gasteiger charge is -2.31. The van der Waals surface area contributed by atoms with Crippen LogP contribution in [0.2, 0.25) is 0 Å². The highest BCUT2D eigenvalue weighted by molar-refractivity contribution is 5.98. The van der Waals surface area contributed by atoms with Crippen molar-refractivity contribution in [3.63, 3.8) is 0 Å². The second-order valence-corrected chi connectivity index (χ2v) is 6.44. The molecule has 1 saturated heterocycles. The number of hydrogen-bond donors (Lipinski definition) is 0. The van der Waals surface area contributed by atoms with E-state index in [0.29, 0.717) is 44.5 Å². The monoisotopic (exact) mass is 355 g/mol. The molecule has 1 amide bonds. The summed E-state index contributed by atoms with van der Waals surface area (Å²) in [6.45, 7) is 1.49. The van der Waals surface area contributed by atoms with E-state index in [0.717, 1.165) is 5.75 Å². The van der Waals surface area contributed by atoms with Crippen LogP contribution in [0.25, 0.3) is 0 Å². The van der Waals surface area contributed by atoms with Gasteiger partial charge in [-0.15, -0.1) is 0 Å². The van der Waals surface area contributed by atoms with Gasteiger partial charge in [-0.25, -0.2) is 4.39 Å². The molecule has 26 heavy (non-hydrogen) atoms. The molecule has 4 nitrogen and oxygen atoms in total. The SMILES string of the molecule is O=C(c1ccc(F)cc1)C1CCN(C(=O)CCOc2ccccc2)CC1. The predicted molar refractivity (Wildman–Crippen MR) is 96.6 cm³/mol. The summed E-state index contributed by atoms with van der Waals surface area (Å²) in [7, 11) is 0. The van der Waals surface area contributed by atoms with Crippen LogP contribution in [0.15, 0.2) is 54.6 Å². The van der Waals surface area contributed by atoms with Crippen molar-refractivity contribution in [1.29, 1.82) is 0 Å². The van der Waals surface area contributed by atoms with Gasteiger partial charge in [-0.2, -0.15) is 0 Å². The van der Waals surface area contributed by atoms with E-state index in [2.05, 4.69) is 0 Å². The summed E-state index contributed by atoms with van der Waals surface area (Å²) in [6, 6.07) is 15.1. The molecule has 0 radical (unpaired) electrons. The summed E-state index contributed by atoms with van der Waals surface area (Å²) in [5.74, 6) is 0.381. The maximum absolute atomic E-state index is 13.0. The molecule has 1 fully saturated rings. The first-order valence-electron chi connectivity index (χ1n) is 8.89. The quantitative estimate of drug-likeness (QED) is 0.742. The fraction of sp³-hybridized carbons (Fsp3) is 0.333. The Morgan fingerprint density at radius 3 is 2.31 bits per heavy atom. The number of para-hydroxylation sites is 1. The lowest BCUT2D eigenvalue weighted by molar-refractivity contribution is -0.132. The van der Waals surface area contributed by atoms with Crippen molar-refractivity contribution in [1.82, 2.24) is 4.90 Å². The van der Waals surface area contributed by atoms with E-state index >= 15 is 0 Å². The number of carbonyl (C=O) groups is 2. The topological polar surface area (TPSA) is 46.6 Å². The number of ketones is 1. The van der Waals surface area contributed by atoms with E-state index in [9.17, 15) is 14.0 Å². The van der Waals surface area contributed by atoms with Crippen LogP contribution in [0.4, 0.5) is 4.39 Å².